The van der Waals surface area contributed by atoms with Gasteiger partial charge in [-0.05, 0) is 30.4 Å². The van der Waals surface area contributed by atoms with Gasteiger partial charge in [-0.15, -0.1) is 0 Å². The average molecular weight is 338 g/mol. The van der Waals surface area contributed by atoms with Gasteiger partial charge in [0.25, 0.3) is 0 Å². The quantitative estimate of drug-likeness (QED) is 0.577. The SMILES string of the molecule is COC(=O)[N-]/N=C1/c2ccccc2CCC1C(=O)CCCC(=O)O.[Li+]. The largest absolute Gasteiger partial charge is 1.00 e. The number of aryl methyl sites for hydroxylation is 1. The molecule has 7 nitrogen and oxygen atoms in total. The number of amides is 1. The van der Waals surface area contributed by atoms with Gasteiger partial charge in [0.2, 0.25) is 6.09 Å². The normalized spacial score (nSPS) is 17.2. The maximum Gasteiger partial charge on any atom is 1.00 e. The Morgan fingerprint density at radius 2 is 2.00 bits per heavy atom. The number of ether oxygens (including phenoxy) is 1. The van der Waals surface area contributed by atoms with Crippen molar-refractivity contribution in [3.8, 4) is 0 Å². The Balaban J connectivity index is 0.00000312. The molecule has 2 rings (SSSR count). The summed E-state index contributed by atoms with van der Waals surface area (Å²) in [6, 6.07) is 7.54. The Kier molecular flexibility index (Phi) is 8.39. The van der Waals surface area contributed by atoms with Crippen molar-refractivity contribution in [3.63, 3.8) is 0 Å². The molecule has 1 aromatic rings. The molecule has 0 heterocycles. The van der Waals surface area contributed by atoms with Crippen LogP contribution in [0, 0.1) is 5.92 Å². The van der Waals surface area contributed by atoms with Crippen LogP contribution < -0.4 is 18.9 Å². The number of ketones is 1. The number of nitrogens with zero attached hydrogens (tertiary/aromatic N) is 2. The third-order valence-electron chi connectivity index (χ3n) is 3.94. The standard InChI is InChI=1S/C17H20N2O5.Li/c1-24-17(23)19-18-16-12-6-3-2-5-11(12)9-10-13(16)14(20)7-4-8-15(21)22;/h2-3,5-6,13H,4,7-10H2,1H3,(H2,19,21,22,23);/q;+1/p-1/b18-16-;. The Morgan fingerprint density at radius 3 is 2.68 bits per heavy atom. The fourth-order valence-corrected chi connectivity index (χ4v) is 2.77. The molecule has 0 spiro atoms. The van der Waals surface area contributed by atoms with Gasteiger partial charge in [-0.25, -0.2) is 0 Å². The first-order valence-corrected chi connectivity index (χ1v) is 7.72. The number of Topliss-reactive ketones (excluding diaryl/α,β-unsaturated/α-hetero) is 1. The first-order valence-electron chi connectivity index (χ1n) is 7.72. The second-order valence-electron chi connectivity index (χ2n) is 5.52. The third-order valence-corrected chi connectivity index (χ3v) is 3.94. The van der Waals surface area contributed by atoms with Crippen LogP contribution >= 0.6 is 0 Å². The Morgan fingerprint density at radius 1 is 1.28 bits per heavy atom. The van der Waals surface area contributed by atoms with Gasteiger partial charge in [-0.3, -0.25) is 14.4 Å². The molecular formula is C17H19LiN2O5. The van der Waals surface area contributed by atoms with Gasteiger partial charge in [0, 0.05) is 18.6 Å². The topological polar surface area (TPSA) is 107 Å². The van der Waals surface area contributed by atoms with E-state index >= 15 is 0 Å². The van der Waals surface area contributed by atoms with Crippen LogP contribution in [0.1, 0.15) is 36.8 Å². The Hall–Kier alpha value is -2.10. The van der Waals surface area contributed by atoms with Gasteiger partial charge < -0.3 is 20.4 Å². The summed E-state index contributed by atoms with van der Waals surface area (Å²) in [5, 5.41) is 12.7. The average Bonchev–Trinajstić information content (AvgIpc) is 2.58. The molecule has 1 unspecified atom stereocenters. The molecule has 128 valence electrons. The predicted molar refractivity (Wildman–Crippen MR) is 87.0 cm³/mol. The Bertz CT molecular complexity index is 675. The zero-order chi connectivity index (χ0) is 17.5. The molecule has 0 radical (unpaired) electrons. The molecule has 25 heavy (non-hydrogen) atoms. The molecule has 1 atom stereocenters. The van der Waals surface area contributed by atoms with E-state index in [4.69, 9.17) is 5.11 Å². The summed E-state index contributed by atoms with van der Waals surface area (Å²) in [4.78, 5) is 34.3. The van der Waals surface area contributed by atoms with E-state index in [1.165, 1.54) is 7.11 Å². The minimum Gasteiger partial charge on any atom is -0.508 e. The number of benzene rings is 1. The number of fused-ring (bicyclic) bond motifs is 1. The summed E-state index contributed by atoms with van der Waals surface area (Å²) >= 11 is 0. The number of carbonyl (C=O) groups excluding carboxylic acids is 2. The molecule has 1 aliphatic rings. The fraction of sp³-hybridized carbons (Fsp3) is 0.412. The summed E-state index contributed by atoms with van der Waals surface area (Å²) in [5.41, 5.74) is 5.78. The van der Waals surface area contributed by atoms with Gasteiger partial charge in [0.15, 0.2) is 0 Å². The van der Waals surface area contributed by atoms with Gasteiger partial charge in [-0.1, -0.05) is 24.3 Å². The van der Waals surface area contributed by atoms with Crippen LogP contribution in [0.25, 0.3) is 5.43 Å². The molecule has 1 amide bonds. The first kappa shape index (κ1) is 20.9. The molecule has 0 fully saturated rings. The second kappa shape index (κ2) is 10.0. The zero-order valence-electron chi connectivity index (χ0n) is 14.4. The van der Waals surface area contributed by atoms with Crippen molar-refractivity contribution in [1.82, 2.24) is 0 Å². The third kappa shape index (κ3) is 5.73. The predicted octanol–water partition coefficient (Wildman–Crippen LogP) is -0.0788. The van der Waals surface area contributed by atoms with E-state index in [2.05, 4.69) is 15.3 Å². The van der Waals surface area contributed by atoms with Crippen molar-refractivity contribution in [3.05, 3.63) is 40.8 Å². The van der Waals surface area contributed by atoms with Gasteiger partial charge in [0.05, 0.1) is 13.0 Å². The van der Waals surface area contributed by atoms with Gasteiger partial charge >= 0.3 is 24.8 Å². The van der Waals surface area contributed by atoms with Crippen molar-refractivity contribution in [1.29, 1.82) is 0 Å². The van der Waals surface area contributed by atoms with E-state index in [0.717, 1.165) is 17.5 Å². The molecule has 0 aliphatic heterocycles. The van der Waals surface area contributed by atoms with Crippen molar-refractivity contribution in [2.24, 2.45) is 11.0 Å². The van der Waals surface area contributed by atoms with Gasteiger partial charge in [-0.2, -0.15) is 0 Å². The monoisotopic (exact) mass is 338 g/mol. The molecule has 0 saturated carbocycles. The molecule has 1 N–H and O–H groups in total. The van der Waals surface area contributed by atoms with Crippen molar-refractivity contribution >= 4 is 23.6 Å². The maximum atomic E-state index is 12.5. The molecular weight excluding hydrogens is 319 g/mol. The van der Waals surface area contributed by atoms with E-state index < -0.39 is 18.0 Å². The number of hydrogen-bond donors (Lipinski definition) is 1. The summed E-state index contributed by atoms with van der Waals surface area (Å²) < 4.78 is 4.45. The van der Waals surface area contributed by atoms with Crippen LogP contribution in [0.5, 0.6) is 0 Å². The van der Waals surface area contributed by atoms with Gasteiger partial charge in [0.1, 0.15) is 5.78 Å². The second-order valence-corrected chi connectivity index (χ2v) is 5.52. The summed E-state index contributed by atoms with van der Waals surface area (Å²) in [5.74, 6) is -1.49. The van der Waals surface area contributed by atoms with Crippen LogP contribution in [0.15, 0.2) is 29.4 Å². The van der Waals surface area contributed by atoms with Crippen LogP contribution in [0.4, 0.5) is 4.79 Å². The number of carboxylic acids is 1. The molecule has 1 aromatic carbocycles. The molecule has 0 aromatic heterocycles. The summed E-state index contributed by atoms with van der Waals surface area (Å²) in [6.45, 7) is 0. The minimum absolute atomic E-state index is 0. The number of methoxy groups -OCH3 is 1. The molecule has 0 bridgehead atoms. The van der Waals surface area contributed by atoms with E-state index in [1.807, 2.05) is 24.3 Å². The van der Waals surface area contributed by atoms with E-state index in [1.54, 1.807) is 0 Å². The van der Waals surface area contributed by atoms with Crippen LogP contribution in [0.2, 0.25) is 0 Å². The Labute approximate surface area is 158 Å². The van der Waals surface area contributed by atoms with E-state index in [0.29, 0.717) is 12.1 Å². The number of aliphatic carboxylic acids is 1. The number of rotatable bonds is 6. The van der Waals surface area contributed by atoms with Crippen LogP contribution in [-0.4, -0.2) is 35.8 Å². The molecule has 0 saturated heterocycles. The first-order chi connectivity index (χ1) is 11.5. The van der Waals surface area contributed by atoms with Crippen LogP contribution in [-0.2, 0) is 20.7 Å². The maximum absolute atomic E-state index is 12.5. The fourth-order valence-electron chi connectivity index (χ4n) is 2.77. The zero-order valence-corrected chi connectivity index (χ0v) is 14.4. The number of carbonyl (C=O) groups is 3. The summed E-state index contributed by atoms with van der Waals surface area (Å²) in [7, 11) is 1.20. The minimum atomic E-state index is -0.925. The van der Waals surface area contributed by atoms with Crippen molar-refractivity contribution < 1.29 is 43.1 Å². The van der Waals surface area contributed by atoms with Crippen molar-refractivity contribution in [2.75, 3.05) is 7.11 Å². The number of carboxylic acid groups (broad SMARTS) is 1. The van der Waals surface area contributed by atoms with Crippen molar-refractivity contribution in [2.45, 2.75) is 32.1 Å². The smallest absolute Gasteiger partial charge is 0.508 e. The van der Waals surface area contributed by atoms with E-state index in [-0.39, 0.29) is 43.9 Å². The molecule has 8 heteroatoms. The van der Waals surface area contributed by atoms with Crippen LogP contribution in [0.3, 0.4) is 0 Å². The summed E-state index contributed by atoms with van der Waals surface area (Å²) in [6.07, 6.45) is 0.863. The number of hydrogen-bond acceptors (Lipinski definition) is 5. The van der Waals surface area contributed by atoms with E-state index in [9.17, 15) is 14.4 Å². The molecule has 1 aliphatic carbocycles.